The van der Waals surface area contributed by atoms with Crippen LogP contribution in [0.2, 0.25) is 0 Å². The maximum absolute atomic E-state index is 10.3. The third-order valence-corrected chi connectivity index (χ3v) is 4.46. The molecule has 0 saturated carbocycles. The molecule has 0 spiro atoms. The Morgan fingerprint density at radius 1 is 0.692 bits per heavy atom. The quantitative estimate of drug-likeness (QED) is 0.198. The van der Waals surface area contributed by atoms with Gasteiger partial charge in [0.25, 0.3) is 0 Å². The molecule has 3 nitrogen and oxygen atoms in total. The maximum Gasteiger partial charge on any atom is 0.303 e. The van der Waals surface area contributed by atoms with Crippen molar-refractivity contribution in [3.8, 4) is 0 Å². The number of hydrogen-bond acceptors (Lipinski definition) is 2. The molecule has 0 rings (SSSR count). The van der Waals surface area contributed by atoms with Crippen LogP contribution in [0.15, 0.2) is 12.2 Å². The molecule has 0 aromatic heterocycles. The molecule has 0 aromatic carbocycles. The van der Waals surface area contributed by atoms with Crippen LogP contribution in [0.25, 0.3) is 0 Å². The predicted octanol–water partition coefficient (Wildman–Crippen LogP) is 7.24. The summed E-state index contributed by atoms with van der Waals surface area (Å²) in [6.45, 7) is 5.29. The summed E-state index contributed by atoms with van der Waals surface area (Å²) in [4.78, 5) is 10.3. The van der Waals surface area contributed by atoms with Crippen LogP contribution in [-0.2, 0) is 4.79 Å². The minimum absolute atomic E-state index is 0.332. The van der Waals surface area contributed by atoms with E-state index in [-0.39, 0.29) is 0 Å². The summed E-state index contributed by atoms with van der Waals surface area (Å²) in [5, 5.41) is 8.51. The molecule has 0 fully saturated rings. The third-order valence-electron chi connectivity index (χ3n) is 4.46. The largest absolute Gasteiger partial charge is 0.481 e. The summed E-state index contributed by atoms with van der Waals surface area (Å²) in [5.74, 6) is -0.664. The van der Waals surface area contributed by atoms with Crippen molar-refractivity contribution >= 4 is 5.97 Å². The fourth-order valence-electron chi connectivity index (χ4n) is 2.74. The average molecular weight is 370 g/mol. The van der Waals surface area contributed by atoms with E-state index in [1.807, 2.05) is 0 Å². The zero-order valence-electron chi connectivity index (χ0n) is 17.8. The molecule has 26 heavy (non-hydrogen) atoms. The van der Waals surface area contributed by atoms with Gasteiger partial charge in [0.2, 0.25) is 0 Å². The number of carboxylic acid groups (broad SMARTS) is 1. The number of nitrogens with two attached hydrogens (primary N) is 1. The molecular weight excluding hydrogens is 322 g/mol. The van der Waals surface area contributed by atoms with Gasteiger partial charge in [0.15, 0.2) is 0 Å². The van der Waals surface area contributed by atoms with Crippen LogP contribution < -0.4 is 5.73 Å². The van der Waals surface area contributed by atoms with Gasteiger partial charge < -0.3 is 10.8 Å². The van der Waals surface area contributed by atoms with Crippen LogP contribution in [0, 0.1) is 0 Å². The first-order valence-corrected chi connectivity index (χ1v) is 11.3. The molecule has 0 saturated heterocycles. The Kier molecular flexibility index (Phi) is 27.8. The summed E-state index contributed by atoms with van der Waals surface area (Å²) >= 11 is 0. The molecule has 0 radical (unpaired) electrons. The molecule has 0 bridgehead atoms. The van der Waals surface area contributed by atoms with Gasteiger partial charge in [0.05, 0.1) is 0 Å². The number of hydrogen-bond donors (Lipinski definition) is 2. The molecule has 3 N–H and O–H groups in total. The fourth-order valence-corrected chi connectivity index (χ4v) is 2.74. The molecular formula is C23H47NO2. The van der Waals surface area contributed by atoms with Gasteiger partial charge in [-0.1, -0.05) is 90.2 Å². The summed E-state index contributed by atoms with van der Waals surface area (Å²) < 4.78 is 0. The highest BCUT2D eigenvalue weighted by Crippen LogP contribution is 2.09. The Morgan fingerprint density at radius 2 is 1.12 bits per heavy atom. The summed E-state index contributed by atoms with van der Waals surface area (Å²) in [6, 6.07) is 0. The predicted molar refractivity (Wildman–Crippen MR) is 116 cm³/mol. The zero-order valence-corrected chi connectivity index (χ0v) is 17.8. The zero-order chi connectivity index (χ0) is 19.7. The van der Waals surface area contributed by atoms with Gasteiger partial charge in [-0.3, -0.25) is 4.79 Å². The third kappa shape index (κ3) is 31.0. The summed E-state index contributed by atoms with van der Waals surface area (Å²) in [7, 11) is 0. The summed E-state index contributed by atoms with van der Waals surface area (Å²) in [5.41, 5.74) is 5.21. The molecule has 3 heteroatoms. The van der Waals surface area contributed by atoms with E-state index in [1.54, 1.807) is 0 Å². The minimum Gasteiger partial charge on any atom is -0.481 e. The lowest BCUT2D eigenvalue weighted by molar-refractivity contribution is -0.137. The van der Waals surface area contributed by atoms with Gasteiger partial charge in [0.1, 0.15) is 0 Å². The number of rotatable bonds is 18. The lowest BCUT2D eigenvalue weighted by Gasteiger charge is -1.99. The van der Waals surface area contributed by atoms with Crippen molar-refractivity contribution in [3.05, 3.63) is 12.2 Å². The van der Waals surface area contributed by atoms with Crippen molar-refractivity contribution in [2.45, 2.75) is 123 Å². The standard InChI is InChI=1S/C18H34O2.C5H13N/c1-2-3-4-5-6-7-8-9-10-11-12-13-14-15-16-17-18(19)20;1-2-3-4-5-6/h9-10H,2-8,11-17H2,1H3,(H,19,20);2-6H2,1H3/b10-9-;. The van der Waals surface area contributed by atoms with E-state index in [2.05, 4.69) is 26.0 Å². The highest BCUT2D eigenvalue weighted by Gasteiger charge is 1.95. The van der Waals surface area contributed by atoms with E-state index in [0.717, 1.165) is 19.4 Å². The van der Waals surface area contributed by atoms with Crippen LogP contribution in [0.1, 0.15) is 123 Å². The number of carbonyl (C=O) groups is 1. The normalized spacial score (nSPS) is 10.7. The smallest absolute Gasteiger partial charge is 0.303 e. The Bertz CT molecular complexity index is 286. The van der Waals surface area contributed by atoms with E-state index in [0.29, 0.717) is 6.42 Å². The highest BCUT2D eigenvalue weighted by atomic mass is 16.4. The van der Waals surface area contributed by atoms with Gasteiger partial charge in [0, 0.05) is 6.42 Å². The van der Waals surface area contributed by atoms with Crippen molar-refractivity contribution in [1.29, 1.82) is 0 Å². The molecule has 0 aliphatic heterocycles. The lowest BCUT2D eigenvalue weighted by atomic mass is 10.1. The molecule has 0 aromatic rings. The van der Waals surface area contributed by atoms with E-state index in [1.165, 1.54) is 89.9 Å². The van der Waals surface area contributed by atoms with Crippen LogP contribution in [0.4, 0.5) is 0 Å². The second-order valence-electron chi connectivity index (χ2n) is 7.22. The Balaban J connectivity index is 0. The highest BCUT2D eigenvalue weighted by molar-refractivity contribution is 5.66. The second kappa shape index (κ2) is 26.4. The molecule has 0 unspecified atom stereocenters. The number of allylic oxidation sites excluding steroid dienone is 2. The monoisotopic (exact) mass is 369 g/mol. The topological polar surface area (TPSA) is 63.3 Å². The van der Waals surface area contributed by atoms with Crippen LogP contribution >= 0.6 is 0 Å². The van der Waals surface area contributed by atoms with Crippen LogP contribution in [0.3, 0.4) is 0 Å². The lowest BCUT2D eigenvalue weighted by Crippen LogP contribution is -1.96. The number of carboxylic acids is 1. The SMILES string of the molecule is CCCCCCCC/C=C\CCCCCCCC(=O)O.CCCCCN. The molecule has 0 heterocycles. The second-order valence-corrected chi connectivity index (χ2v) is 7.22. The Labute approximate surface area is 163 Å². The first-order valence-electron chi connectivity index (χ1n) is 11.3. The van der Waals surface area contributed by atoms with Crippen molar-refractivity contribution in [1.82, 2.24) is 0 Å². The van der Waals surface area contributed by atoms with Crippen molar-refractivity contribution in [2.24, 2.45) is 5.73 Å². The van der Waals surface area contributed by atoms with Crippen LogP contribution in [-0.4, -0.2) is 17.6 Å². The minimum atomic E-state index is -0.664. The summed E-state index contributed by atoms with van der Waals surface area (Å²) in [6.07, 6.45) is 25.0. The van der Waals surface area contributed by atoms with E-state index in [4.69, 9.17) is 10.8 Å². The average Bonchev–Trinajstić information content (AvgIpc) is 2.63. The molecule has 0 aliphatic carbocycles. The van der Waals surface area contributed by atoms with Gasteiger partial charge in [-0.05, 0) is 45.1 Å². The van der Waals surface area contributed by atoms with Gasteiger partial charge in [-0.2, -0.15) is 0 Å². The molecule has 0 aliphatic rings. The first kappa shape index (κ1) is 27.4. The van der Waals surface area contributed by atoms with Crippen LogP contribution in [0.5, 0.6) is 0 Å². The van der Waals surface area contributed by atoms with E-state index >= 15 is 0 Å². The van der Waals surface area contributed by atoms with E-state index < -0.39 is 5.97 Å². The van der Waals surface area contributed by atoms with Crippen molar-refractivity contribution in [3.63, 3.8) is 0 Å². The van der Waals surface area contributed by atoms with Gasteiger partial charge >= 0.3 is 5.97 Å². The van der Waals surface area contributed by atoms with Crippen molar-refractivity contribution in [2.75, 3.05) is 6.54 Å². The first-order chi connectivity index (χ1) is 12.7. The van der Waals surface area contributed by atoms with E-state index in [9.17, 15) is 4.79 Å². The molecule has 0 amide bonds. The Hall–Kier alpha value is -0.830. The maximum atomic E-state index is 10.3. The number of aliphatic carboxylic acids is 1. The number of unbranched alkanes of at least 4 members (excludes halogenated alkanes) is 13. The Morgan fingerprint density at radius 3 is 1.54 bits per heavy atom. The molecule has 156 valence electrons. The molecule has 0 atom stereocenters. The van der Waals surface area contributed by atoms with Crippen molar-refractivity contribution < 1.29 is 9.90 Å². The van der Waals surface area contributed by atoms with Gasteiger partial charge in [-0.25, -0.2) is 0 Å². The fraction of sp³-hybridized carbons (Fsp3) is 0.870. The van der Waals surface area contributed by atoms with Gasteiger partial charge in [-0.15, -0.1) is 0 Å².